The zero-order chi connectivity index (χ0) is 18.2. The van der Waals surface area contributed by atoms with Gasteiger partial charge in [0.05, 0.1) is 0 Å². The monoisotopic (exact) mass is 371 g/mol. The van der Waals surface area contributed by atoms with Crippen LogP contribution in [0.1, 0.15) is 30.2 Å². The van der Waals surface area contributed by atoms with Crippen LogP contribution in [0.15, 0.2) is 40.8 Å². The van der Waals surface area contributed by atoms with E-state index in [0.29, 0.717) is 0 Å². The molecule has 3 heterocycles. The van der Waals surface area contributed by atoms with Gasteiger partial charge in [0.2, 0.25) is 0 Å². The number of hydrogen-bond acceptors (Lipinski definition) is 4. The predicted octanol–water partition coefficient (Wildman–Crippen LogP) is 3.29. The highest BCUT2D eigenvalue weighted by atomic mass is 32.1. The van der Waals surface area contributed by atoms with Crippen molar-refractivity contribution in [1.29, 1.82) is 0 Å². The normalized spacial score (nSPS) is 15.9. The Balaban J connectivity index is 1.43. The maximum atomic E-state index is 4.65. The Kier molecular flexibility index (Phi) is 6.89. The average molecular weight is 372 g/mol. The van der Waals surface area contributed by atoms with E-state index in [1.165, 1.54) is 23.3 Å². The van der Waals surface area contributed by atoms with Gasteiger partial charge in [0, 0.05) is 44.3 Å². The maximum Gasteiger partial charge on any atom is 0.191 e. The Labute approximate surface area is 160 Å². The summed E-state index contributed by atoms with van der Waals surface area (Å²) < 4.78 is 0. The molecular formula is C20H29N5S. The van der Waals surface area contributed by atoms with Crippen molar-refractivity contribution >= 4 is 23.1 Å². The van der Waals surface area contributed by atoms with Crippen LogP contribution < -0.4 is 15.5 Å². The van der Waals surface area contributed by atoms with Crippen molar-refractivity contribution in [2.75, 3.05) is 31.6 Å². The van der Waals surface area contributed by atoms with Crippen LogP contribution in [0.25, 0.3) is 0 Å². The SMILES string of the molecule is CN=C(NCCc1cccs1)NCc1ccc(N2CCC(C)CC2)nc1. The van der Waals surface area contributed by atoms with Gasteiger partial charge in [0.25, 0.3) is 0 Å². The van der Waals surface area contributed by atoms with E-state index in [2.05, 4.69) is 62.1 Å². The van der Waals surface area contributed by atoms with E-state index in [1.807, 2.05) is 6.20 Å². The summed E-state index contributed by atoms with van der Waals surface area (Å²) in [6, 6.07) is 8.55. The van der Waals surface area contributed by atoms with Gasteiger partial charge in [-0.15, -0.1) is 11.3 Å². The van der Waals surface area contributed by atoms with Crippen molar-refractivity contribution in [3.63, 3.8) is 0 Å². The summed E-state index contributed by atoms with van der Waals surface area (Å²) in [5.41, 5.74) is 1.17. The van der Waals surface area contributed by atoms with Gasteiger partial charge in [-0.05, 0) is 48.3 Å². The minimum atomic E-state index is 0.725. The Morgan fingerprint density at radius 2 is 2.12 bits per heavy atom. The fraction of sp³-hybridized carbons (Fsp3) is 0.500. The number of pyridine rings is 1. The number of nitrogens with one attached hydrogen (secondary N) is 2. The highest BCUT2D eigenvalue weighted by Gasteiger charge is 2.16. The van der Waals surface area contributed by atoms with E-state index >= 15 is 0 Å². The fourth-order valence-corrected chi connectivity index (χ4v) is 3.82. The number of thiophene rings is 1. The third-order valence-electron chi connectivity index (χ3n) is 4.84. The van der Waals surface area contributed by atoms with Crippen LogP contribution in [0.3, 0.4) is 0 Å². The summed E-state index contributed by atoms with van der Waals surface area (Å²) in [5.74, 6) is 2.77. The molecular weight excluding hydrogens is 342 g/mol. The van der Waals surface area contributed by atoms with E-state index in [-0.39, 0.29) is 0 Å². The average Bonchev–Trinajstić information content (AvgIpc) is 3.19. The first-order valence-corrected chi connectivity index (χ1v) is 10.3. The third kappa shape index (κ3) is 5.46. The molecule has 0 radical (unpaired) electrons. The molecule has 0 amide bonds. The molecule has 0 atom stereocenters. The van der Waals surface area contributed by atoms with Crippen molar-refractivity contribution in [3.8, 4) is 0 Å². The summed E-state index contributed by atoms with van der Waals surface area (Å²) in [4.78, 5) is 12.7. The molecule has 26 heavy (non-hydrogen) atoms. The van der Waals surface area contributed by atoms with E-state index < -0.39 is 0 Å². The van der Waals surface area contributed by atoms with E-state index in [9.17, 15) is 0 Å². The summed E-state index contributed by atoms with van der Waals surface area (Å²) in [6.45, 7) is 6.17. The van der Waals surface area contributed by atoms with Crippen LogP contribution in [0, 0.1) is 5.92 Å². The molecule has 140 valence electrons. The van der Waals surface area contributed by atoms with Crippen LogP contribution in [-0.4, -0.2) is 37.6 Å². The number of guanidine groups is 1. The molecule has 2 aromatic rings. The van der Waals surface area contributed by atoms with E-state index in [4.69, 9.17) is 0 Å². The van der Waals surface area contributed by atoms with Crippen molar-refractivity contribution in [2.24, 2.45) is 10.9 Å². The molecule has 0 saturated carbocycles. The zero-order valence-corrected chi connectivity index (χ0v) is 16.6. The molecule has 6 heteroatoms. The number of aliphatic imine (C=N–C) groups is 1. The number of anilines is 1. The highest BCUT2D eigenvalue weighted by molar-refractivity contribution is 7.09. The minimum absolute atomic E-state index is 0.725. The zero-order valence-electron chi connectivity index (χ0n) is 15.7. The summed E-state index contributed by atoms with van der Waals surface area (Å²) in [7, 11) is 1.80. The van der Waals surface area contributed by atoms with Crippen molar-refractivity contribution in [3.05, 3.63) is 46.3 Å². The topological polar surface area (TPSA) is 52.6 Å². The Hall–Kier alpha value is -2.08. The second kappa shape index (κ2) is 9.57. The molecule has 5 nitrogen and oxygen atoms in total. The standard InChI is InChI=1S/C20H29N5S/c1-16-8-11-25(12-9-16)19-6-5-17(14-23-19)15-24-20(21-2)22-10-7-18-4-3-13-26-18/h3-6,13-14,16H,7-12,15H2,1-2H3,(H2,21,22,24). The second-order valence-corrected chi connectivity index (χ2v) is 7.91. The summed E-state index contributed by atoms with van der Waals surface area (Å²) in [6.07, 6.45) is 5.51. The van der Waals surface area contributed by atoms with Gasteiger partial charge in [-0.1, -0.05) is 19.1 Å². The molecule has 1 aliphatic rings. The molecule has 2 N–H and O–H groups in total. The highest BCUT2D eigenvalue weighted by Crippen LogP contribution is 2.21. The largest absolute Gasteiger partial charge is 0.357 e. The van der Waals surface area contributed by atoms with Crippen LogP contribution >= 0.6 is 11.3 Å². The quantitative estimate of drug-likeness (QED) is 0.604. The van der Waals surface area contributed by atoms with Crippen molar-refractivity contribution in [1.82, 2.24) is 15.6 Å². The van der Waals surface area contributed by atoms with Crippen LogP contribution in [0.4, 0.5) is 5.82 Å². The number of aromatic nitrogens is 1. The second-order valence-electron chi connectivity index (χ2n) is 6.88. The summed E-state index contributed by atoms with van der Waals surface area (Å²) in [5, 5.41) is 8.84. The smallest absolute Gasteiger partial charge is 0.191 e. The Morgan fingerprint density at radius 3 is 2.77 bits per heavy atom. The van der Waals surface area contributed by atoms with Gasteiger partial charge in [0.1, 0.15) is 5.82 Å². The van der Waals surface area contributed by atoms with Gasteiger partial charge >= 0.3 is 0 Å². The number of rotatable bonds is 6. The minimum Gasteiger partial charge on any atom is -0.357 e. The molecule has 0 unspecified atom stereocenters. The molecule has 1 saturated heterocycles. The lowest BCUT2D eigenvalue weighted by atomic mass is 9.99. The molecule has 0 bridgehead atoms. The number of piperidine rings is 1. The lowest BCUT2D eigenvalue weighted by Crippen LogP contribution is -2.37. The van der Waals surface area contributed by atoms with Crippen molar-refractivity contribution < 1.29 is 0 Å². The number of hydrogen-bond donors (Lipinski definition) is 2. The predicted molar refractivity (Wildman–Crippen MR) is 111 cm³/mol. The van der Waals surface area contributed by atoms with Gasteiger partial charge in [-0.3, -0.25) is 4.99 Å². The van der Waals surface area contributed by atoms with E-state index in [0.717, 1.165) is 50.3 Å². The van der Waals surface area contributed by atoms with Gasteiger partial charge in [-0.25, -0.2) is 4.98 Å². The fourth-order valence-electron chi connectivity index (χ4n) is 3.11. The van der Waals surface area contributed by atoms with Crippen LogP contribution in [0.5, 0.6) is 0 Å². The first-order chi connectivity index (χ1) is 12.7. The molecule has 0 aromatic carbocycles. The first kappa shape index (κ1) is 18.7. The molecule has 2 aromatic heterocycles. The molecule has 1 fully saturated rings. The lowest BCUT2D eigenvalue weighted by molar-refractivity contribution is 0.436. The summed E-state index contributed by atoms with van der Waals surface area (Å²) >= 11 is 1.79. The van der Waals surface area contributed by atoms with Gasteiger partial charge in [-0.2, -0.15) is 0 Å². The van der Waals surface area contributed by atoms with Gasteiger partial charge in [0.15, 0.2) is 5.96 Å². The first-order valence-electron chi connectivity index (χ1n) is 9.41. The molecule has 0 aliphatic carbocycles. The number of nitrogens with zero attached hydrogens (tertiary/aromatic N) is 3. The van der Waals surface area contributed by atoms with Gasteiger partial charge < -0.3 is 15.5 Å². The van der Waals surface area contributed by atoms with E-state index in [1.54, 1.807) is 18.4 Å². The molecule has 0 spiro atoms. The Bertz CT molecular complexity index is 673. The third-order valence-corrected chi connectivity index (χ3v) is 5.78. The van der Waals surface area contributed by atoms with Crippen LogP contribution in [0.2, 0.25) is 0 Å². The Morgan fingerprint density at radius 1 is 1.27 bits per heavy atom. The van der Waals surface area contributed by atoms with Crippen LogP contribution in [-0.2, 0) is 13.0 Å². The lowest BCUT2D eigenvalue weighted by Gasteiger charge is -2.31. The molecule has 3 rings (SSSR count). The molecule has 1 aliphatic heterocycles. The maximum absolute atomic E-state index is 4.65. The van der Waals surface area contributed by atoms with Crippen molar-refractivity contribution in [2.45, 2.75) is 32.7 Å².